The average molecular weight is 854 g/mol. The van der Waals surface area contributed by atoms with Crippen molar-refractivity contribution in [2.24, 2.45) is 5.73 Å². The Labute approximate surface area is 352 Å². The molecule has 3 aromatic carbocycles. The summed E-state index contributed by atoms with van der Waals surface area (Å²) in [7, 11) is 0. The predicted molar refractivity (Wildman–Crippen MR) is 222 cm³/mol. The molecule has 0 unspecified atom stereocenters. The molecule has 17 nitrogen and oxygen atoms in total. The fourth-order valence-electron chi connectivity index (χ4n) is 5.86. The summed E-state index contributed by atoms with van der Waals surface area (Å²) in [6.07, 6.45) is -7.88. The van der Waals surface area contributed by atoms with Gasteiger partial charge in [0.15, 0.2) is 12.2 Å². The largest absolute Gasteiger partial charge is 0.452 e. The number of benzene rings is 3. The minimum atomic E-state index is -2.37. The molecule has 0 heterocycles. The van der Waals surface area contributed by atoms with Crippen LogP contribution in [0.1, 0.15) is 68.9 Å². The monoisotopic (exact) mass is 853 g/mol. The van der Waals surface area contributed by atoms with Gasteiger partial charge in [0.1, 0.15) is 29.9 Å². The zero-order chi connectivity index (χ0) is 44.4. The molecule has 0 aliphatic carbocycles. The first-order valence-corrected chi connectivity index (χ1v) is 20.5. The number of rotatable bonds is 22. The van der Waals surface area contributed by atoms with Crippen LogP contribution >= 0.6 is 11.8 Å². The SMILES string of the molecule is CSCC[C@H](NC(=O)OC(C)(C)C)C(=O)N[C@@H](CC(N)=O)C(=O)N[C@@H](CO)[C@@H](O)[C@@H](O)[C@H](O)C(=O)N[C@@H](CC(=O)OC(c1ccccc1)c1ccccc1)c1ccccc1. The summed E-state index contributed by atoms with van der Waals surface area (Å²) in [5.74, 6) is -4.56. The van der Waals surface area contributed by atoms with E-state index in [1.807, 2.05) is 12.1 Å². The Balaban J connectivity index is 1.73. The molecular weight excluding hydrogens is 799 g/mol. The van der Waals surface area contributed by atoms with Crippen molar-refractivity contribution in [2.75, 3.05) is 18.6 Å². The van der Waals surface area contributed by atoms with Gasteiger partial charge >= 0.3 is 12.1 Å². The van der Waals surface area contributed by atoms with Crippen LogP contribution in [0, 0.1) is 0 Å². The molecule has 0 aliphatic heterocycles. The number of nitrogens with two attached hydrogens (primary N) is 1. The second-order valence-electron chi connectivity index (χ2n) is 14.8. The highest BCUT2D eigenvalue weighted by atomic mass is 32.2. The number of aliphatic hydroxyl groups is 4. The van der Waals surface area contributed by atoms with E-state index >= 15 is 0 Å². The maximum absolute atomic E-state index is 13.5. The normalized spacial score (nSPS) is 14.9. The molecule has 0 aliphatic rings. The Morgan fingerprint density at radius 1 is 0.683 bits per heavy atom. The van der Waals surface area contributed by atoms with Crippen molar-refractivity contribution in [3.8, 4) is 0 Å². The van der Waals surface area contributed by atoms with Crippen molar-refractivity contribution in [3.63, 3.8) is 0 Å². The lowest BCUT2D eigenvalue weighted by molar-refractivity contribution is -0.149. The van der Waals surface area contributed by atoms with Crippen LogP contribution in [0.25, 0.3) is 0 Å². The summed E-state index contributed by atoms with van der Waals surface area (Å²) < 4.78 is 11.2. The summed E-state index contributed by atoms with van der Waals surface area (Å²) in [5, 5.41) is 52.5. The van der Waals surface area contributed by atoms with Gasteiger partial charge in [-0.3, -0.25) is 24.0 Å². The molecule has 18 heteroatoms. The molecule has 0 spiro atoms. The van der Waals surface area contributed by atoms with Gasteiger partial charge in [-0.2, -0.15) is 11.8 Å². The number of esters is 1. The lowest BCUT2D eigenvalue weighted by Crippen LogP contribution is -2.60. The Morgan fingerprint density at radius 3 is 1.68 bits per heavy atom. The first kappa shape index (κ1) is 48.8. The van der Waals surface area contributed by atoms with Gasteiger partial charge in [0.25, 0.3) is 5.91 Å². The fourth-order valence-corrected chi connectivity index (χ4v) is 6.34. The van der Waals surface area contributed by atoms with Crippen LogP contribution in [0.4, 0.5) is 4.79 Å². The third-order valence-corrected chi connectivity index (χ3v) is 9.52. The molecular formula is C42H55N5O12S. The molecule has 10 N–H and O–H groups in total. The molecule has 0 fully saturated rings. The first-order chi connectivity index (χ1) is 28.4. The van der Waals surface area contributed by atoms with E-state index in [9.17, 15) is 49.2 Å². The molecule has 3 rings (SSSR count). The van der Waals surface area contributed by atoms with Crippen LogP contribution in [0.5, 0.6) is 0 Å². The van der Waals surface area contributed by atoms with E-state index < -0.39 is 109 Å². The van der Waals surface area contributed by atoms with Gasteiger partial charge in [-0.05, 0) is 55.9 Å². The average Bonchev–Trinajstić information content (AvgIpc) is 3.22. The maximum Gasteiger partial charge on any atom is 0.408 e. The topological polar surface area (TPSA) is 276 Å². The number of hydrogen-bond acceptors (Lipinski definition) is 13. The number of thioether (sulfide) groups is 1. The van der Waals surface area contributed by atoms with Crippen molar-refractivity contribution in [1.82, 2.24) is 21.3 Å². The van der Waals surface area contributed by atoms with Crippen molar-refractivity contribution in [3.05, 3.63) is 108 Å². The summed E-state index contributed by atoms with van der Waals surface area (Å²) in [4.78, 5) is 78.0. The molecule has 5 amide bonds. The van der Waals surface area contributed by atoms with Crippen molar-refractivity contribution in [2.45, 2.75) is 94.2 Å². The first-order valence-electron chi connectivity index (χ1n) is 19.1. The van der Waals surface area contributed by atoms with E-state index in [-0.39, 0.29) is 6.42 Å². The molecule has 3 aromatic rings. The number of alkyl carbamates (subject to hydrolysis) is 1. The van der Waals surface area contributed by atoms with Gasteiger partial charge in [-0.25, -0.2) is 4.79 Å². The van der Waals surface area contributed by atoms with Gasteiger partial charge < -0.3 is 56.9 Å². The molecule has 0 bridgehead atoms. The van der Waals surface area contributed by atoms with Crippen LogP contribution < -0.4 is 27.0 Å². The highest BCUT2D eigenvalue weighted by Crippen LogP contribution is 2.28. The van der Waals surface area contributed by atoms with E-state index in [4.69, 9.17) is 15.2 Å². The van der Waals surface area contributed by atoms with Gasteiger partial charge in [0.05, 0.1) is 31.5 Å². The number of aliphatic hydroxyl groups excluding tert-OH is 4. The minimum absolute atomic E-state index is 0.107. The highest BCUT2D eigenvalue weighted by molar-refractivity contribution is 7.98. The number of carbonyl (C=O) groups excluding carboxylic acids is 6. The minimum Gasteiger partial charge on any atom is -0.452 e. The van der Waals surface area contributed by atoms with Crippen LogP contribution in [0.15, 0.2) is 91.0 Å². The van der Waals surface area contributed by atoms with E-state index in [1.54, 1.807) is 106 Å². The van der Waals surface area contributed by atoms with E-state index in [0.717, 1.165) is 0 Å². The maximum atomic E-state index is 13.5. The van der Waals surface area contributed by atoms with Crippen LogP contribution in [0.3, 0.4) is 0 Å². The molecule has 60 heavy (non-hydrogen) atoms. The molecule has 7 atom stereocenters. The summed E-state index contributed by atoms with van der Waals surface area (Å²) in [5.41, 5.74) is 6.30. The zero-order valence-electron chi connectivity index (χ0n) is 33.9. The highest BCUT2D eigenvalue weighted by Gasteiger charge is 2.38. The summed E-state index contributed by atoms with van der Waals surface area (Å²) >= 11 is 1.38. The lowest BCUT2D eigenvalue weighted by Gasteiger charge is -2.31. The Hall–Kier alpha value is -5.53. The van der Waals surface area contributed by atoms with Crippen molar-refractivity contribution < 1.29 is 58.7 Å². The predicted octanol–water partition coefficient (Wildman–Crippen LogP) is 1.13. The Morgan fingerprint density at radius 2 is 1.20 bits per heavy atom. The summed E-state index contributed by atoms with van der Waals surface area (Å²) in [6.45, 7) is 3.83. The van der Waals surface area contributed by atoms with Gasteiger partial charge in [-0.15, -0.1) is 0 Å². The van der Waals surface area contributed by atoms with Gasteiger partial charge in [-0.1, -0.05) is 91.0 Å². The van der Waals surface area contributed by atoms with Gasteiger partial charge in [0, 0.05) is 0 Å². The van der Waals surface area contributed by atoms with E-state index in [0.29, 0.717) is 22.4 Å². The lowest BCUT2D eigenvalue weighted by atomic mass is 9.98. The van der Waals surface area contributed by atoms with Crippen LogP contribution in [-0.2, 0) is 33.4 Å². The zero-order valence-corrected chi connectivity index (χ0v) is 34.7. The number of carbonyl (C=O) groups is 6. The van der Waals surface area contributed by atoms with Crippen LogP contribution in [0.2, 0.25) is 0 Å². The second kappa shape index (κ2) is 23.9. The van der Waals surface area contributed by atoms with Gasteiger partial charge in [0.2, 0.25) is 17.7 Å². The van der Waals surface area contributed by atoms with Crippen molar-refractivity contribution >= 4 is 47.5 Å². The molecule has 0 saturated carbocycles. The third kappa shape index (κ3) is 15.9. The number of primary amides is 1. The quantitative estimate of drug-likeness (QED) is 0.0643. The van der Waals surface area contributed by atoms with E-state index in [2.05, 4.69) is 21.3 Å². The number of amides is 5. The molecule has 0 radical (unpaired) electrons. The fraction of sp³-hybridized carbons (Fsp3) is 0.429. The summed E-state index contributed by atoms with van der Waals surface area (Å²) in [6, 6.07) is 20.6. The third-order valence-electron chi connectivity index (χ3n) is 8.88. The number of nitrogens with one attached hydrogen (secondary N) is 4. The Bertz CT molecular complexity index is 1810. The van der Waals surface area contributed by atoms with Crippen LogP contribution in [-0.4, -0.2) is 117 Å². The molecule has 326 valence electrons. The Kier molecular flexibility index (Phi) is 19.5. The van der Waals surface area contributed by atoms with Crippen molar-refractivity contribution in [1.29, 1.82) is 0 Å². The molecule has 0 aromatic heterocycles. The van der Waals surface area contributed by atoms with E-state index in [1.165, 1.54) is 11.8 Å². The standard InChI is InChI=1S/C42H55N5O12S/c1-42(2,3)59-41(57)47-28(20-21-60-4)38(54)45-30(22-32(43)49)39(55)46-31(24-48)34(51)35(52)36(53)40(56)44-29(25-14-8-5-9-15-25)23-33(50)58-37(26-16-10-6-11-17-26)27-18-12-7-13-19-27/h5-19,28-31,34-37,48,51-53H,20-24H2,1-4H3,(H2,43,49)(H,44,56)(H,45,54)(H,46,55)(H,47,57)/t28-,29-,30-,31-,34+,35+,36-/m0/s1. The second-order valence-corrected chi connectivity index (χ2v) is 15.8. The smallest absolute Gasteiger partial charge is 0.408 e. The molecule has 0 saturated heterocycles. The number of ether oxygens (including phenoxy) is 2. The number of hydrogen-bond donors (Lipinski definition) is 9.